The molecule has 9 heteroatoms. The van der Waals surface area contributed by atoms with Gasteiger partial charge >= 0.3 is 0 Å². The third-order valence-corrected chi connectivity index (χ3v) is 6.07. The summed E-state index contributed by atoms with van der Waals surface area (Å²) >= 11 is 0. The molecule has 2 aromatic rings. The summed E-state index contributed by atoms with van der Waals surface area (Å²) in [6.07, 6.45) is 0.255. The van der Waals surface area contributed by atoms with Crippen molar-refractivity contribution in [1.82, 2.24) is 9.62 Å². The van der Waals surface area contributed by atoms with Gasteiger partial charge in [-0.3, -0.25) is 9.59 Å². The van der Waals surface area contributed by atoms with Crippen LogP contribution in [0.1, 0.15) is 18.9 Å². The number of hydrogen-bond donors (Lipinski definition) is 2. The molecule has 2 N–H and O–H groups in total. The molecule has 0 saturated carbocycles. The van der Waals surface area contributed by atoms with Gasteiger partial charge in [-0.1, -0.05) is 12.1 Å². The normalized spacial score (nSPS) is 16.8. The minimum atomic E-state index is -3.73. The van der Waals surface area contributed by atoms with Crippen LogP contribution in [-0.2, 0) is 26.2 Å². The smallest absolute Gasteiger partial charge is 0.240 e. The Balaban J connectivity index is 1.55. The van der Waals surface area contributed by atoms with Crippen LogP contribution < -0.4 is 10.0 Å². The van der Waals surface area contributed by atoms with Crippen LogP contribution in [0, 0.1) is 11.7 Å². The number of carbonyl (C=O) groups is 2. The van der Waals surface area contributed by atoms with E-state index in [1.165, 1.54) is 43.3 Å². The number of anilines is 1. The Labute approximate surface area is 169 Å². The third kappa shape index (κ3) is 5.61. The van der Waals surface area contributed by atoms with Crippen molar-refractivity contribution in [1.29, 1.82) is 0 Å². The number of benzene rings is 2. The molecule has 154 valence electrons. The number of rotatable bonds is 7. The van der Waals surface area contributed by atoms with E-state index in [-0.39, 0.29) is 41.4 Å². The molecule has 2 amide bonds. The van der Waals surface area contributed by atoms with Gasteiger partial charge < -0.3 is 10.2 Å². The molecule has 1 heterocycles. The molecular weight excluding hydrogens is 397 g/mol. The van der Waals surface area contributed by atoms with Crippen molar-refractivity contribution in [3.63, 3.8) is 0 Å². The Bertz CT molecular complexity index is 991. The lowest BCUT2D eigenvalue weighted by atomic mass is 10.1. The molecule has 1 saturated heterocycles. The van der Waals surface area contributed by atoms with Gasteiger partial charge in [0.2, 0.25) is 21.8 Å². The van der Waals surface area contributed by atoms with Crippen LogP contribution in [-0.4, -0.2) is 38.2 Å². The highest BCUT2D eigenvalue weighted by atomic mass is 32.2. The Hall–Kier alpha value is -2.78. The van der Waals surface area contributed by atoms with Crippen molar-refractivity contribution in [2.24, 2.45) is 5.92 Å². The second kappa shape index (κ2) is 8.71. The standard InChI is InChI=1S/C20H22FN3O4S/c1-14(25)23-18-6-8-19(9-7-18)29(27,28)22-11-16-10-20(26)24(13-16)12-15-2-4-17(21)5-3-15/h2-9,16,22H,10-13H2,1H3,(H,23,25). The molecule has 0 aliphatic carbocycles. The monoisotopic (exact) mass is 419 g/mol. The number of hydrogen-bond acceptors (Lipinski definition) is 4. The summed E-state index contributed by atoms with van der Waals surface area (Å²) in [5.41, 5.74) is 1.33. The van der Waals surface area contributed by atoms with Gasteiger partial charge in [0.1, 0.15) is 5.82 Å². The highest BCUT2D eigenvalue weighted by molar-refractivity contribution is 7.89. The minimum absolute atomic E-state index is 0.0572. The first-order chi connectivity index (χ1) is 13.7. The third-order valence-electron chi connectivity index (χ3n) is 4.63. The molecule has 1 aliphatic rings. The van der Waals surface area contributed by atoms with E-state index < -0.39 is 10.0 Å². The van der Waals surface area contributed by atoms with Crippen molar-refractivity contribution >= 4 is 27.5 Å². The maximum Gasteiger partial charge on any atom is 0.240 e. The van der Waals surface area contributed by atoms with Gasteiger partial charge in [0.15, 0.2) is 0 Å². The van der Waals surface area contributed by atoms with Crippen LogP contribution >= 0.6 is 0 Å². The summed E-state index contributed by atoms with van der Waals surface area (Å²) < 4.78 is 40.5. The lowest BCUT2D eigenvalue weighted by Crippen LogP contribution is -2.31. The number of carbonyl (C=O) groups excluding carboxylic acids is 2. The van der Waals surface area contributed by atoms with E-state index >= 15 is 0 Å². The van der Waals surface area contributed by atoms with Gasteiger partial charge in [0.05, 0.1) is 4.90 Å². The molecule has 1 aliphatic heterocycles. The fraction of sp³-hybridized carbons (Fsp3) is 0.300. The molecule has 7 nitrogen and oxygen atoms in total. The van der Waals surface area contributed by atoms with Crippen molar-refractivity contribution in [2.45, 2.75) is 24.8 Å². The number of amides is 2. The van der Waals surface area contributed by atoms with Crippen molar-refractivity contribution < 1.29 is 22.4 Å². The molecule has 0 aromatic heterocycles. The van der Waals surface area contributed by atoms with Crippen LogP contribution in [0.3, 0.4) is 0 Å². The molecule has 1 fully saturated rings. The van der Waals surface area contributed by atoms with Crippen molar-refractivity contribution in [3.05, 3.63) is 59.9 Å². The molecular formula is C20H22FN3O4S. The zero-order chi connectivity index (χ0) is 21.0. The molecule has 1 atom stereocenters. The van der Waals surface area contributed by atoms with E-state index in [2.05, 4.69) is 10.0 Å². The first-order valence-corrected chi connectivity index (χ1v) is 10.6. The number of likely N-dealkylation sites (tertiary alicyclic amines) is 1. The van der Waals surface area contributed by atoms with Gasteiger partial charge in [-0.25, -0.2) is 17.5 Å². The van der Waals surface area contributed by atoms with E-state index in [1.54, 1.807) is 17.0 Å². The lowest BCUT2D eigenvalue weighted by Gasteiger charge is -2.17. The highest BCUT2D eigenvalue weighted by Gasteiger charge is 2.30. The zero-order valence-electron chi connectivity index (χ0n) is 15.9. The number of nitrogens with one attached hydrogen (secondary N) is 2. The predicted octanol–water partition coefficient (Wildman–Crippen LogP) is 2.11. The quantitative estimate of drug-likeness (QED) is 0.719. The zero-order valence-corrected chi connectivity index (χ0v) is 16.7. The predicted molar refractivity (Wildman–Crippen MR) is 106 cm³/mol. The summed E-state index contributed by atoms with van der Waals surface area (Å²) in [6.45, 7) is 2.31. The van der Waals surface area contributed by atoms with Crippen molar-refractivity contribution in [2.75, 3.05) is 18.4 Å². The number of nitrogens with zero attached hydrogens (tertiary/aromatic N) is 1. The summed E-state index contributed by atoms with van der Waals surface area (Å²) in [5.74, 6) is -0.775. The topological polar surface area (TPSA) is 95.6 Å². The first kappa shape index (κ1) is 20.9. The Morgan fingerprint density at radius 2 is 1.79 bits per heavy atom. The molecule has 29 heavy (non-hydrogen) atoms. The SMILES string of the molecule is CC(=O)Nc1ccc(S(=O)(=O)NCC2CC(=O)N(Cc3ccc(F)cc3)C2)cc1. The van der Waals surface area contributed by atoms with E-state index in [0.717, 1.165) is 5.56 Å². The Morgan fingerprint density at radius 3 is 2.41 bits per heavy atom. The molecule has 2 aromatic carbocycles. The van der Waals surface area contributed by atoms with Gasteiger partial charge in [-0.2, -0.15) is 0 Å². The van der Waals surface area contributed by atoms with Crippen LogP contribution in [0.5, 0.6) is 0 Å². The largest absolute Gasteiger partial charge is 0.338 e. The number of halogens is 1. The van der Waals surface area contributed by atoms with E-state index in [9.17, 15) is 22.4 Å². The van der Waals surface area contributed by atoms with Gasteiger partial charge in [0.25, 0.3) is 0 Å². The molecule has 0 radical (unpaired) electrons. The second-order valence-electron chi connectivity index (χ2n) is 7.03. The van der Waals surface area contributed by atoms with E-state index in [1.807, 2.05) is 0 Å². The average Bonchev–Trinajstić information content (AvgIpc) is 3.02. The van der Waals surface area contributed by atoms with Crippen LogP contribution in [0.2, 0.25) is 0 Å². The van der Waals surface area contributed by atoms with Crippen LogP contribution in [0.4, 0.5) is 10.1 Å². The van der Waals surface area contributed by atoms with Gasteiger partial charge in [-0.05, 0) is 47.9 Å². The summed E-state index contributed by atoms with van der Waals surface area (Å²) in [4.78, 5) is 25.0. The fourth-order valence-electron chi connectivity index (χ4n) is 3.19. The molecule has 0 spiro atoms. The van der Waals surface area contributed by atoms with E-state index in [0.29, 0.717) is 18.8 Å². The molecule has 3 rings (SSSR count). The molecule has 1 unspecified atom stereocenters. The van der Waals surface area contributed by atoms with Gasteiger partial charge in [-0.15, -0.1) is 0 Å². The summed E-state index contributed by atoms with van der Waals surface area (Å²) in [7, 11) is -3.73. The number of sulfonamides is 1. The lowest BCUT2D eigenvalue weighted by molar-refractivity contribution is -0.128. The summed E-state index contributed by atoms with van der Waals surface area (Å²) in [6, 6.07) is 11.8. The molecule has 0 bridgehead atoms. The average molecular weight is 419 g/mol. The maximum atomic E-state index is 13.0. The Kier molecular flexibility index (Phi) is 6.29. The van der Waals surface area contributed by atoms with Crippen LogP contribution in [0.15, 0.2) is 53.4 Å². The van der Waals surface area contributed by atoms with Crippen LogP contribution in [0.25, 0.3) is 0 Å². The summed E-state index contributed by atoms with van der Waals surface area (Å²) in [5, 5.41) is 2.57. The van der Waals surface area contributed by atoms with Gasteiger partial charge in [0, 0.05) is 38.7 Å². The minimum Gasteiger partial charge on any atom is -0.338 e. The Morgan fingerprint density at radius 1 is 1.14 bits per heavy atom. The second-order valence-corrected chi connectivity index (χ2v) is 8.80. The van der Waals surface area contributed by atoms with E-state index in [4.69, 9.17) is 0 Å². The first-order valence-electron chi connectivity index (χ1n) is 9.12. The van der Waals surface area contributed by atoms with Crippen molar-refractivity contribution in [3.8, 4) is 0 Å². The highest BCUT2D eigenvalue weighted by Crippen LogP contribution is 2.21. The maximum absolute atomic E-state index is 13.0. The fourth-order valence-corrected chi connectivity index (χ4v) is 4.30.